The van der Waals surface area contributed by atoms with Gasteiger partial charge in [0, 0.05) is 17.4 Å². The fourth-order valence-corrected chi connectivity index (χ4v) is 6.08. The second kappa shape index (κ2) is 6.10. The molecule has 0 aromatic heterocycles. The van der Waals surface area contributed by atoms with Gasteiger partial charge in [0.05, 0.1) is 13.0 Å². The van der Waals surface area contributed by atoms with Crippen molar-refractivity contribution in [2.75, 3.05) is 13.7 Å². The Kier molecular flexibility index (Phi) is 4.36. The first-order valence-electron chi connectivity index (χ1n) is 7.69. The van der Waals surface area contributed by atoms with Crippen molar-refractivity contribution in [2.24, 2.45) is 17.8 Å². The van der Waals surface area contributed by atoms with Crippen LogP contribution in [-0.4, -0.2) is 57.5 Å². The minimum atomic E-state index is -3.93. The summed E-state index contributed by atoms with van der Waals surface area (Å²) in [7, 11) is -2.76. The second-order valence-electron chi connectivity index (χ2n) is 6.44. The Morgan fingerprint density at radius 1 is 1.24 bits per heavy atom. The Morgan fingerprint density at radius 3 is 2.52 bits per heavy atom. The average Bonchev–Trinajstić information content (AvgIpc) is 3.14. The van der Waals surface area contributed by atoms with E-state index in [1.807, 2.05) is 0 Å². The lowest BCUT2D eigenvalue weighted by Gasteiger charge is -2.29. The molecule has 25 heavy (non-hydrogen) atoms. The van der Waals surface area contributed by atoms with Crippen molar-refractivity contribution in [3.63, 3.8) is 0 Å². The molecule has 0 aromatic carbocycles. The maximum absolute atomic E-state index is 12.2. The molecule has 10 heteroatoms. The van der Waals surface area contributed by atoms with Gasteiger partial charge in [-0.05, 0) is 13.3 Å². The second-order valence-corrected chi connectivity index (χ2v) is 8.16. The van der Waals surface area contributed by atoms with Gasteiger partial charge in [-0.3, -0.25) is 8.98 Å². The molecule has 0 spiro atoms. The van der Waals surface area contributed by atoms with Gasteiger partial charge in [-0.15, -0.1) is 0 Å². The van der Waals surface area contributed by atoms with Crippen LogP contribution in [0.2, 0.25) is 0 Å². The molecular weight excluding hydrogens is 356 g/mol. The topological polar surface area (TPSA) is 122 Å². The van der Waals surface area contributed by atoms with Gasteiger partial charge in [0.2, 0.25) is 0 Å². The lowest BCUT2D eigenvalue weighted by molar-refractivity contribution is -0.169. The van der Waals surface area contributed by atoms with E-state index in [9.17, 15) is 22.8 Å². The van der Waals surface area contributed by atoms with Crippen molar-refractivity contribution < 1.29 is 41.2 Å². The van der Waals surface area contributed by atoms with Crippen molar-refractivity contribution in [1.29, 1.82) is 0 Å². The number of carbonyl (C=O) groups is 3. The van der Waals surface area contributed by atoms with Crippen LogP contribution >= 0.6 is 0 Å². The fraction of sp³-hybridized carbons (Fsp3) is 0.667. The monoisotopic (exact) mass is 374 g/mol. The van der Waals surface area contributed by atoms with Crippen molar-refractivity contribution in [3.05, 3.63) is 12.2 Å². The summed E-state index contributed by atoms with van der Waals surface area (Å²) in [5.74, 6) is -4.12. The van der Waals surface area contributed by atoms with Gasteiger partial charge in [-0.2, -0.15) is 8.42 Å². The quantitative estimate of drug-likeness (QED) is 0.272. The first-order chi connectivity index (χ1) is 11.7. The molecule has 2 aliphatic carbocycles. The summed E-state index contributed by atoms with van der Waals surface area (Å²) in [5.41, 5.74) is 0.131. The van der Waals surface area contributed by atoms with E-state index in [1.54, 1.807) is 0 Å². The molecule has 138 valence electrons. The van der Waals surface area contributed by atoms with Crippen LogP contribution in [0.15, 0.2) is 12.2 Å². The zero-order chi connectivity index (χ0) is 18.5. The Bertz CT molecular complexity index is 740. The zero-order valence-corrected chi connectivity index (χ0v) is 14.5. The molecular formula is C15H18O9S. The fourth-order valence-electron chi connectivity index (χ4n) is 4.02. The van der Waals surface area contributed by atoms with Crippen molar-refractivity contribution in [1.82, 2.24) is 0 Å². The van der Waals surface area contributed by atoms with E-state index in [-0.39, 0.29) is 5.57 Å². The Hall–Kier alpha value is -1.94. The summed E-state index contributed by atoms with van der Waals surface area (Å²) < 4.78 is 44.2. The molecule has 0 aromatic rings. The molecule has 3 rings (SSSR count). The molecule has 1 aliphatic heterocycles. The van der Waals surface area contributed by atoms with Crippen molar-refractivity contribution in [3.8, 4) is 0 Å². The molecule has 1 saturated heterocycles. The third-order valence-corrected chi connectivity index (χ3v) is 6.74. The van der Waals surface area contributed by atoms with Gasteiger partial charge in [0.1, 0.15) is 17.5 Å². The number of methoxy groups -OCH3 is 1. The molecule has 9 nitrogen and oxygen atoms in total. The van der Waals surface area contributed by atoms with Gasteiger partial charge in [-0.1, -0.05) is 6.58 Å². The lowest BCUT2D eigenvalue weighted by Crippen LogP contribution is -2.46. The standard InChI is InChI=1S/C15H18O9S/c1-6(2)14(17)22-5-9(16)23-11-7-4-8-12(11)24-25(19,20)13(8)10(7)15(18)21-3/h7-8,10-13H,1,4-5H2,2-3H3. The molecule has 6 atom stereocenters. The maximum atomic E-state index is 12.2. The Balaban J connectivity index is 1.73. The zero-order valence-electron chi connectivity index (χ0n) is 13.7. The molecule has 0 amide bonds. The van der Waals surface area contributed by atoms with Crippen LogP contribution in [0.1, 0.15) is 13.3 Å². The Morgan fingerprint density at radius 2 is 1.92 bits per heavy atom. The molecule has 3 aliphatic rings. The molecule has 2 bridgehead atoms. The molecule has 6 unspecified atom stereocenters. The van der Waals surface area contributed by atoms with Crippen molar-refractivity contribution in [2.45, 2.75) is 30.8 Å². The summed E-state index contributed by atoms with van der Waals surface area (Å²) in [6, 6.07) is 0. The highest BCUT2D eigenvalue weighted by Crippen LogP contribution is 2.58. The number of carbonyl (C=O) groups excluding carboxylic acids is 3. The molecule has 2 saturated carbocycles. The number of hydrogen-bond acceptors (Lipinski definition) is 9. The van der Waals surface area contributed by atoms with Crippen LogP contribution in [0.4, 0.5) is 0 Å². The smallest absolute Gasteiger partial charge is 0.344 e. The summed E-state index contributed by atoms with van der Waals surface area (Å²) in [6.45, 7) is 4.19. The van der Waals surface area contributed by atoms with Crippen LogP contribution in [0.5, 0.6) is 0 Å². The number of ether oxygens (including phenoxy) is 3. The first-order valence-corrected chi connectivity index (χ1v) is 9.16. The SMILES string of the molecule is C=C(C)C(=O)OCC(=O)OC1C2CC3C1OS(=O)(=O)C3C2C(=O)OC. The van der Waals surface area contributed by atoms with E-state index < -0.39 is 69.8 Å². The van der Waals surface area contributed by atoms with Crippen LogP contribution in [0, 0.1) is 17.8 Å². The lowest BCUT2D eigenvalue weighted by atomic mass is 9.84. The number of esters is 3. The first kappa shape index (κ1) is 17.9. The minimum absolute atomic E-state index is 0.131. The van der Waals surface area contributed by atoms with Gasteiger partial charge in [0.15, 0.2) is 6.61 Å². The average molecular weight is 374 g/mol. The molecule has 3 fully saturated rings. The highest BCUT2D eigenvalue weighted by Gasteiger charge is 2.72. The van der Waals surface area contributed by atoms with E-state index in [1.165, 1.54) is 14.0 Å². The predicted molar refractivity (Wildman–Crippen MR) is 80.3 cm³/mol. The normalized spacial score (nSPS) is 36.7. The molecule has 0 N–H and O–H groups in total. The van der Waals surface area contributed by atoms with Crippen LogP contribution in [0.25, 0.3) is 0 Å². The molecule has 0 radical (unpaired) electrons. The summed E-state index contributed by atoms with van der Waals surface area (Å²) in [4.78, 5) is 35.3. The van der Waals surface area contributed by atoms with Gasteiger partial charge < -0.3 is 14.2 Å². The van der Waals surface area contributed by atoms with E-state index in [2.05, 4.69) is 6.58 Å². The van der Waals surface area contributed by atoms with Crippen molar-refractivity contribution >= 4 is 28.0 Å². The van der Waals surface area contributed by atoms with Gasteiger partial charge in [0.25, 0.3) is 10.1 Å². The number of rotatable bonds is 5. The van der Waals surface area contributed by atoms with Crippen LogP contribution in [0.3, 0.4) is 0 Å². The van der Waals surface area contributed by atoms with E-state index in [0.717, 1.165) is 0 Å². The molecule has 1 heterocycles. The Labute approximate surface area is 144 Å². The van der Waals surface area contributed by atoms with E-state index in [4.69, 9.17) is 18.4 Å². The van der Waals surface area contributed by atoms with Crippen LogP contribution in [-0.2, 0) is 42.9 Å². The number of fused-ring (bicyclic) bond motifs is 1. The summed E-state index contributed by atoms with van der Waals surface area (Å²) in [6.07, 6.45) is -1.34. The van der Waals surface area contributed by atoms with E-state index >= 15 is 0 Å². The van der Waals surface area contributed by atoms with Gasteiger partial charge in [-0.25, -0.2) is 9.59 Å². The maximum Gasteiger partial charge on any atom is 0.344 e. The van der Waals surface area contributed by atoms with Crippen LogP contribution < -0.4 is 0 Å². The number of hydrogen-bond donors (Lipinski definition) is 0. The minimum Gasteiger partial charge on any atom is -0.469 e. The van der Waals surface area contributed by atoms with Gasteiger partial charge >= 0.3 is 17.9 Å². The summed E-state index contributed by atoms with van der Waals surface area (Å²) >= 11 is 0. The highest BCUT2D eigenvalue weighted by atomic mass is 32.2. The van der Waals surface area contributed by atoms with E-state index in [0.29, 0.717) is 6.42 Å². The third kappa shape index (κ3) is 2.82. The highest BCUT2D eigenvalue weighted by molar-refractivity contribution is 7.87. The predicted octanol–water partition coefficient (Wildman–Crippen LogP) is -0.446. The largest absolute Gasteiger partial charge is 0.469 e. The summed E-state index contributed by atoms with van der Waals surface area (Å²) in [5, 5.41) is -0.967. The third-order valence-electron chi connectivity index (χ3n) is 4.94.